The lowest BCUT2D eigenvalue weighted by Gasteiger charge is -2.29. The number of amides is 1. The maximum Gasteiger partial charge on any atom is 0.239 e. The molecule has 0 fully saturated rings. The zero-order valence-corrected chi connectivity index (χ0v) is 13.2. The minimum absolute atomic E-state index is 0.0665. The Bertz CT molecular complexity index is 463. The van der Waals surface area contributed by atoms with E-state index in [0.717, 1.165) is 12.8 Å². The van der Waals surface area contributed by atoms with E-state index in [1.54, 1.807) is 12.1 Å². The van der Waals surface area contributed by atoms with E-state index in [-0.39, 0.29) is 23.8 Å². The molecule has 0 aliphatic rings. The Morgan fingerprint density at radius 3 is 2.71 bits per heavy atom. The highest BCUT2D eigenvalue weighted by Gasteiger charge is 2.19. The predicted octanol–water partition coefficient (Wildman–Crippen LogP) is 2.29. The zero-order chi connectivity index (χ0) is 15.9. The number of carbonyl (C=O) groups excluding carboxylic acids is 1. The Morgan fingerprint density at radius 2 is 2.14 bits per heavy atom. The van der Waals surface area contributed by atoms with E-state index < -0.39 is 0 Å². The normalized spacial score (nSPS) is 11.3. The van der Waals surface area contributed by atoms with Crippen molar-refractivity contribution in [2.24, 2.45) is 5.73 Å². The second-order valence-electron chi connectivity index (χ2n) is 5.83. The molecular formula is C16H26FN3O. The average molecular weight is 295 g/mol. The Kier molecular flexibility index (Phi) is 6.62. The number of carbonyl (C=O) groups is 1. The van der Waals surface area contributed by atoms with E-state index in [1.807, 2.05) is 25.7 Å². The van der Waals surface area contributed by atoms with Crippen molar-refractivity contribution in [3.05, 3.63) is 30.1 Å². The summed E-state index contributed by atoms with van der Waals surface area (Å²) in [4.78, 5) is 14.0. The molecule has 1 amide bonds. The number of hydrogen-bond donors (Lipinski definition) is 2. The highest BCUT2D eigenvalue weighted by molar-refractivity contribution is 5.82. The van der Waals surface area contributed by atoms with Gasteiger partial charge in [-0.15, -0.1) is 0 Å². The number of nitrogens with two attached hydrogens (primary N) is 1. The van der Waals surface area contributed by atoms with Gasteiger partial charge in [0, 0.05) is 17.8 Å². The van der Waals surface area contributed by atoms with Crippen molar-refractivity contribution < 1.29 is 9.18 Å². The van der Waals surface area contributed by atoms with Crippen LogP contribution in [0.1, 0.15) is 33.6 Å². The first-order valence-electron chi connectivity index (χ1n) is 7.39. The molecule has 0 heterocycles. The lowest BCUT2D eigenvalue weighted by Crippen LogP contribution is -2.47. The molecule has 5 heteroatoms. The SMILES string of the molecule is CCC(C)(C)NC(=O)CN(CCCN)c1cccc(F)c1. The van der Waals surface area contributed by atoms with Gasteiger partial charge in [0.25, 0.3) is 0 Å². The summed E-state index contributed by atoms with van der Waals surface area (Å²) in [6.45, 7) is 7.36. The minimum atomic E-state index is -0.306. The van der Waals surface area contributed by atoms with Crippen LogP contribution in [0.5, 0.6) is 0 Å². The van der Waals surface area contributed by atoms with E-state index in [1.165, 1.54) is 12.1 Å². The molecule has 118 valence electrons. The quantitative estimate of drug-likeness (QED) is 0.773. The molecule has 3 N–H and O–H groups in total. The molecule has 0 spiro atoms. The maximum absolute atomic E-state index is 13.4. The Balaban J connectivity index is 2.77. The molecule has 1 rings (SSSR count). The van der Waals surface area contributed by atoms with Gasteiger partial charge in [-0.1, -0.05) is 13.0 Å². The van der Waals surface area contributed by atoms with Crippen LogP contribution in [0.3, 0.4) is 0 Å². The van der Waals surface area contributed by atoms with Gasteiger partial charge in [0.15, 0.2) is 0 Å². The Morgan fingerprint density at radius 1 is 1.43 bits per heavy atom. The fourth-order valence-corrected chi connectivity index (χ4v) is 1.93. The van der Waals surface area contributed by atoms with Gasteiger partial charge in [-0.25, -0.2) is 4.39 Å². The molecule has 0 radical (unpaired) electrons. The topological polar surface area (TPSA) is 58.4 Å². The third-order valence-corrected chi connectivity index (χ3v) is 3.50. The van der Waals surface area contributed by atoms with Crippen LogP contribution in [0.25, 0.3) is 0 Å². The van der Waals surface area contributed by atoms with Gasteiger partial charge in [0.2, 0.25) is 5.91 Å². The van der Waals surface area contributed by atoms with Gasteiger partial charge in [0.05, 0.1) is 6.54 Å². The van der Waals surface area contributed by atoms with Gasteiger partial charge >= 0.3 is 0 Å². The molecule has 21 heavy (non-hydrogen) atoms. The molecule has 1 aromatic rings. The molecular weight excluding hydrogens is 269 g/mol. The van der Waals surface area contributed by atoms with E-state index in [2.05, 4.69) is 5.32 Å². The summed E-state index contributed by atoms with van der Waals surface area (Å²) >= 11 is 0. The van der Waals surface area contributed by atoms with Crippen LogP contribution < -0.4 is 16.0 Å². The second-order valence-corrected chi connectivity index (χ2v) is 5.83. The van der Waals surface area contributed by atoms with Crippen molar-refractivity contribution in [3.63, 3.8) is 0 Å². The number of rotatable bonds is 8. The summed E-state index contributed by atoms with van der Waals surface area (Å²) in [6.07, 6.45) is 1.60. The van der Waals surface area contributed by atoms with Gasteiger partial charge in [-0.05, 0) is 51.4 Å². The molecule has 4 nitrogen and oxygen atoms in total. The van der Waals surface area contributed by atoms with E-state index in [9.17, 15) is 9.18 Å². The summed E-state index contributed by atoms with van der Waals surface area (Å²) in [7, 11) is 0. The fourth-order valence-electron chi connectivity index (χ4n) is 1.93. The van der Waals surface area contributed by atoms with Crippen LogP contribution in [0.4, 0.5) is 10.1 Å². The smallest absolute Gasteiger partial charge is 0.239 e. The van der Waals surface area contributed by atoms with Crippen molar-refractivity contribution in [1.29, 1.82) is 0 Å². The van der Waals surface area contributed by atoms with Gasteiger partial charge in [-0.3, -0.25) is 4.79 Å². The number of nitrogens with one attached hydrogen (secondary N) is 1. The molecule has 0 aliphatic carbocycles. The van der Waals surface area contributed by atoms with Gasteiger partial charge < -0.3 is 16.0 Å². The van der Waals surface area contributed by atoms with Gasteiger partial charge in [-0.2, -0.15) is 0 Å². The van der Waals surface area contributed by atoms with Crippen LogP contribution in [0.2, 0.25) is 0 Å². The monoisotopic (exact) mass is 295 g/mol. The third-order valence-electron chi connectivity index (χ3n) is 3.50. The number of hydrogen-bond acceptors (Lipinski definition) is 3. The average Bonchev–Trinajstić information content (AvgIpc) is 2.43. The van der Waals surface area contributed by atoms with E-state index >= 15 is 0 Å². The first-order valence-corrected chi connectivity index (χ1v) is 7.39. The van der Waals surface area contributed by atoms with Crippen LogP contribution in [0, 0.1) is 5.82 Å². The maximum atomic E-state index is 13.4. The van der Waals surface area contributed by atoms with Crippen molar-refractivity contribution in [3.8, 4) is 0 Å². The van der Waals surface area contributed by atoms with E-state index in [4.69, 9.17) is 5.73 Å². The zero-order valence-electron chi connectivity index (χ0n) is 13.2. The lowest BCUT2D eigenvalue weighted by atomic mass is 10.0. The standard InChI is InChI=1S/C16H26FN3O/c1-4-16(2,3)19-15(21)12-20(10-6-9-18)14-8-5-7-13(17)11-14/h5,7-8,11H,4,6,9-10,12,18H2,1-3H3,(H,19,21). The highest BCUT2D eigenvalue weighted by atomic mass is 19.1. The number of nitrogens with zero attached hydrogens (tertiary/aromatic N) is 1. The van der Waals surface area contributed by atoms with Crippen LogP contribution in [-0.4, -0.2) is 31.1 Å². The summed E-state index contributed by atoms with van der Waals surface area (Å²) < 4.78 is 13.4. The third kappa shape index (κ3) is 6.12. The Hall–Kier alpha value is -1.62. The molecule has 0 atom stereocenters. The molecule has 1 aromatic carbocycles. The van der Waals surface area contributed by atoms with Crippen LogP contribution in [-0.2, 0) is 4.79 Å². The summed E-state index contributed by atoms with van der Waals surface area (Å²) in [5.74, 6) is -0.373. The highest BCUT2D eigenvalue weighted by Crippen LogP contribution is 2.16. The largest absolute Gasteiger partial charge is 0.362 e. The summed E-state index contributed by atoms with van der Waals surface area (Å²) in [6, 6.07) is 6.28. The van der Waals surface area contributed by atoms with Crippen molar-refractivity contribution in [2.45, 2.75) is 39.2 Å². The van der Waals surface area contributed by atoms with E-state index in [0.29, 0.717) is 18.8 Å². The predicted molar refractivity (Wildman–Crippen MR) is 84.8 cm³/mol. The van der Waals surface area contributed by atoms with Crippen molar-refractivity contribution in [2.75, 3.05) is 24.5 Å². The number of benzene rings is 1. The summed E-state index contributed by atoms with van der Waals surface area (Å²) in [5, 5.41) is 2.99. The minimum Gasteiger partial charge on any atom is -0.362 e. The van der Waals surface area contributed by atoms with Crippen molar-refractivity contribution >= 4 is 11.6 Å². The lowest BCUT2D eigenvalue weighted by molar-refractivity contribution is -0.121. The Labute approximate surface area is 126 Å². The first-order chi connectivity index (χ1) is 9.88. The molecule has 0 bridgehead atoms. The first kappa shape index (κ1) is 17.4. The number of halogens is 1. The molecule has 0 unspecified atom stereocenters. The molecule has 0 saturated carbocycles. The molecule has 0 saturated heterocycles. The fraction of sp³-hybridized carbons (Fsp3) is 0.562. The molecule has 0 aliphatic heterocycles. The second kappa shape index (κ2) is 7.98. The van der Waals surface area contributed by atoms with Crippen LogP contribution in [0.15, 0.2) is 24.3 Å². The van der Waals surface area contributed by atoms with Crippen LogP contribution >= 0.6 is 0 Å². The van der Waals surface area contributed by atoms with Gasteiger partial charge in [0.1, 0.15) is 5.82 Å². The summed E-state index contributed by atoms with van der Waals surface area (Å²) in [5.41, 5.74) is 6.00. The van der Waals surface area contributed by atoms with Crippen molar-refractivity contribution in [1.82, 2.24) is 5.32 Å². The molecule has 0 aromatic heterocycles. The number of anilines is 1.